The molecule has 1 unspecified atom stereocenters. The summed E-state index contributed by atoms with van der Waals surface area (Å²) >= 11 is 0. The number of piperidine rings is 1. The Labute approximate surface area is 146 Å². The van der Waals surface area contributed by atoms with Gasteiger partial charge in [-0.2, -0.15) is 0 Å². The minimum Gasteiger partial charge on any atom is -0.497 e. The second-order valence-electron chi connectivity index (χ2n) is 6.16. The van der Waals surface area contributed by atoms with E-state index in [0.717, 1.165) is 49.7 Å². The second-order valence-corrected chi connectivity index (χ2v) is 6.16. The Balaban J connectivity index is 0.00000264. The number of likely N-dealkylation sites (tertiary alicyclic amines) is 1. The fraction of sp³-hybridized carbons (Fsp3) is 0.611. The maximum atomic E-state index is 12.7. The monoisotopic (exact) mass is 340 g/mol. The number of ether oxygens (including phenoxy) is 1. The van der Waals surface area contributed by atoms with Gasteiger partial charge in [0.1, 0.15) is 5.75 Å². The number of nitrogens with one attached hydrogen (secondary N) is 1. The molecule has 23 heavy (non-hydrogen) atoms. The topological polar surface area (TPSA) is 41.6 Å². The van der Waals surface area contributed by atoms with Gasteiger partial charge in [-0.05, 0) is 63.4 Å². The number of carbonyl (C=O) groups excluding carboxylic acids is 1. The standard InChI is InChI=1S/C18H28N2O2.ClH/c1-14(16-4-6-17(22-3)7-5-16)18(21)20-12-9-15(10-13-20)8-11-19-2;/h4-7,14-15,19H,8-13H2,1-3H3;1H. The van der Waals surface area contributed by atoms with Gasteiger partial charge in [-0.1, -0.05) is 12.1 Å². The molecule has 0 aliphatic carbocycles. The maximum Gasteiger partial charge on any atom is 0.229 e. The fourth-order valence-corrected chi connectivity index (χ4v) is 3.10. The first-order valence-electron chi connectivity index (χ1n) is 8.23. The molecule has 1 aromatic carbocycles. The number of hydrogen-bond acceptors (Lipinski definition) is 3. The third-order valence-electron chi connectivity index (χ3n) is 4.72. The van der Waals surface area contributed by atoms with E-state index < -0.39 is 0 Å². The average Bonchev–Trinajstić information content (AvgIpc) is 2.59. The first-order chi connectivity index (χ1) is 10.7. The zero-order chi connectivity index (χ0) is 15.9. The lowest BCUT2D eigenvalue weighted by atomic mass is 9.92. The van der Waals surface area contributed by atoms with Crippen molar-refractivity contribution in [3.8, 4) is 5.75 Å². The molecule has 1 aliphatic heterocycles. The third kappa shape index (κ3) is 5.40. The van der Waals surface area contributed by atoms with Crippen molar-refractivity contribution in [3.05, 3.63) is 29.8 Å². The van der Waals surface area contributed by atoms with Gasteiger partial charge in [-0.15, -0.1) is 12.4 Å². The predicted molar refractivity (Wildman–Crippen MR) is 96.5 cm³/mol. The number of amides is 1. The smallest absolute Gasteiger partial charge is 0.229 e. The molecule has 0 aromatic heterocycles. The third-order valence-corrected chi connectivity index (χ3v) is 4.72. The van der Waals surface area contributed by atoms with Crippen molar-refractivity contribution in [2.75, 3.05) is 33.8 Å². The summed E-state index contributed by atoms with van der Waals surface area (Å²) in [6, 6.07) is 7.81. The van der Waals surface area contributed by atoms with Crippen molar-refractivity contribution in [3.63, 3.8) is 0 Å². The largest absolute Gasteiger partial charge is 0.497 e. The van der Waals surface area contributed by atoms with Gasteiger partial charge in [0.25, 0.3) is 0 Å². The average molecular weight is 341 g/mol. The number of methoxy groups -OCH3 is 1. The van der Waals surface area contributed by atoms with Gasteiger partial charge >= 0.3 is 0 Å². The van der Waals surface area contributed by atoms with E-state index in [-0.39, 0.29) is 24.2 Å². The summed E-state index contributed by atoms with van der Waals surface area (Å²) in [5.74, 6) is 1.75. The molecule has 0 radical (unpaired) electrons. The molecule has 1 atom stereocenters. The van der Waals surface area contributed by atoms with E-state index in [1.165, 1.54) is 6.42 Å². The molecule has 130 valence electrons. The number of halogens is 1. The number of carbonyl (C=O) groups is 1. The number of rotatable bonds is 6. The highest BCUT2D eigenvalue weighted by molar-refractivity contribution is 5.85. The summed E-state index contributed by atoms with van der Waals surface area (Å²) in [5.41, 5.74) is 1.06. The zero-order valence-electron chi connectivity index (χ0n) is 14.4. The Morgan fingerprint density at radius 3 is 2.43 bits per heavy atom. The van der Waals surface area contributed by atoms with Crippen molar-refractivity contribution >= 4 is 18.3 Å². The Morgan fingerprint density at radius 2 is 1.91 bits per heavy atom. The zero-order valence-corrected chi connectivity index (χ0v) is 15.2. The number of benzene rings is 1. The molecule has 1 fully saturated rings. The molecule has 1 amide bonds. The lowest BCUT2D eigenvalue weighted by Crippen LogP contribution is -2.40. The first-order valence-corrected chi connectivity index (χ1v) is 8.23. The Bertz CT molecular complexity index is 470. The highest BCUT2D eigenvalue weighted by Gasteiger charge is 2.26. The van der Waals surface area contributed by atoms with E-state index in [0.29, 0.717) is 0 Å². The summed E-state index contributed by atoms with van der Waals surface area (Å²) in [4.78, 5) is 14.7. The molecule has 5 heteroatoms. The van der Waals surface area contributed by atoms with Crippen LogP contribution in [0, 0.1) is 5.92 Å². The van der Waals surface area contributed by atoms with Gasteiger partial charge in [-0.25, -0.2) is 0 Å². The minimum atomic E-state index is -0.0836. The van der Waals surface area contributed by atoms with Crippen LogP contribution in [-0.4, -0.2) is 44.6 Å². The summed E-state index contributed by atoms with van der Waals surface area (Å²) in [7, 11) is 3.65. The van der Waals surface area contributed by atoms with Gasteiger partial charge in [0.15, 0.2) is 0 Å². The molecule has 0 bridgehead atoms. The van der Waals surface area contributed by atoms with Crippen molar-refractivity contribution in [2.45, 2.75) is 32.1 Å². The first kappa shape index (κ1) is 19.8. The number of nitrogens with zero attached hydrogens (tertiary/aromatic N) is 1. The Hall–Kier alpha value is -1.26. The van der Waals surface area contributed by atoms with Crippen LogP contribution in [-0.2, 0) is 4.79 Å². The lowest BCUT2D eigenvalue weighted by molar-refractivity contribution is -0.133. The van der Waals surface area contributed by atoms with Gasteiger partial charge in [0.2, 0.25) is 5.91 Å². The van der Waals surface area contributed by atoms with Crippen LogP contribution in [0.3, 0.4) is 0 Å². The van der Waals surface area contributed by atoms with Crippen LogP contribution in [0.4, 0.5) is 0 Å². The Kier molecular flexibility index (Phi) is 8.42. The highest BCUT2D eigenvalue weighted by atomic mass is 35.5. The van der Waals surface area contributed by atoms with E-state index in [4.69, 9.17) is 4.74 Å². The molecular formula is C18H29ClN2O2. The molecule has 1 N–H and O–H groups in total. The van der Waals surface area contributed by atoms with Crippen molar-refractivity contribution in [1.82, 2.24) is 10.2 Å². The van der Waals surface area contributed by atoms with E-state index in [2.05, 4.69) is 5.32 Å². The molecule has 1 aliphatic rings. The van der Waals surface area contributed by atoms with Crippen molar-refractivity contribution in [1.29, 1.82) is 0 Å². The summed E-state index contributed by atoms with van der Waals surface area (Å²) in [6.45, 7) is 4.86. The number of hydrogen-bond donors (Lipinski definition) is 1. The maximum absolute atomic E-state index is 12.7. The van der Waals surface area contributed by atoms with Crippen molar-refractivity contribution in [2.24, 2.45) is 5.92 Å². The molecule has 4 nitrogen and oxygen atoms in total. The van der Waals surface area contributed by atoms with Crippen LogP contribution >= 0.6 is 12.4 Å². The molecular weight excluding hydrogens is 312 g/mol. The van der Waals surface area contributed by atoms with Gasteiger partial charge in [0.05, 0.1) is 13.0 Å². The van der Waals surface area contributed by atoms with Crippen LogP contribution < -0.4 is 10.1 Å². The van der Waals surface area contributed by atoms with E-state index >= 15 is 0 Å². The van der Waals surface area contributed by atoms with Crippen LogP contribution in [0.1, 0.15) is 37.7 Å². The molecule has 1 saturated heterocycles. The van der Waals surface area contributed by atoms with E-state index in [1.807, 2.05) is 43.1 Å². The molecule has 1 aromatic rings. The highest BCUT2D eigenvalue weighted by Crippen LogP contribution is 2.25. The molecule has 0 spiro atoms. The predicted octanol–water partition coefficient (Wildman–Crippen LogP) is 3.07. The summed E-state index contributed by atoms with van der Waals surface area (Å²) in [5, 5.41) is 3.21. The molecule has 2 rings (SSSR count). The quantitative estimate of drug-likeness (QED) is 0.865. The summed E-state index contributed by atoms with van der Waals surface area (Å²) in [6.07, 6.45) is 3.47. The van der Waals surface area contributed by atoms with Crippen LogP contribution in [0.5, 0.6) is 5.75 Å². The molecule has 0 saturated carbocycles. The SMILES string of the molecule is CNCCC1CCN(C(=O)C(C)c2ccc(OC)cc2)CC1.Cl. The van der Waals surface area contributed by atoms with Crippen LogP contribution in [0.25, 0.3) is 0 Å². The Morgan fingerprint density at radius 1 is 1.30 bits per heavy atom. The van der Waals surface area contributed by atoms with E-state index in [1.54, 1.807) is 7.11 Å². The minimum absolute atomic E-state index is 0. The van der Waals surface area contributed by atoms with Crippen LogP contribution in [0.15, 0.2) is 24.3 Å². The van der Waals surface area contributed by atoms with Crippen LogP contribution in [0.2, 0.25) is 0 Å². The van der Waals surface area contributed by atoms with Crippen molar-refractivity contribution < 1.29 is 9.53 Å². The van der Waals surface area contributed by atoms with Gasteiger partial charge < -0.3 is 15.0 Å². The fourth-order valence-electron chi connectivity index (χ4n) is 3.10. The molecule has 1 heterocycles. The normalized spacial score (nSPS) is 16.6. The van der Waals surface area contributed by atoms with Gasteiger partial charge in [0, 0.05) is 13.1 Å². The lowest BCUT2D eigenvalue weighted by Gasteiger charge is -2.33. The summed E-state index contributed by atoms with van der Waals surface area (Å²) < 4.78 is 5.17. The second kappa shape index (κ2) is 9.78. The van der Waals surface area contributed by atoms with E-state index in [9.17, 15) is 4.79 Å². The van der Waals surface area contributed by atoms with Gasteiger partial charge in [-0.3, -0.25) is 4.79 Å².